The summed E-state index contributed by atoms with van der Waals surface area (Å²) in [5.41, 5.74) is 0. The average molecular weight is 523 g/mol. The highest BCUT2D eigenvalue weighted by molar-refractivity contribution is 5.82. The molecule has 0 bridgehead atoms. The predicted molar refractivity (Wildman–Crippen MR) is 138 cm³/mol. The fourth-order valence-corrected chi connectivity index (χ4v) is 8.77. The Morgan fingerprint density at radius 3 is 2.65 bits per heavy atom. The normalized spacial score (nSPS) is 41.7. The van der Waals surface area contributed by atoms with Crippen LogP contribution < -0.4 is 15.5 Å². The van der Waals surface area contributed by atoms with Crippen LogP contribution in [0.1, 0.15) is 51.9 Å². The molecular weight excluding hydrogens is 472 g/mol. The number of amides is 2. The molecule has 0 aromatic carbocycles. The maximum Gasteiger partial charge on any atom is 0.248 e. The van der Waals surface area contributed by atoms with Gasteiger partial charge in [0, 0.05) is 45.6 Å². The van der Waals surface area contributed by atoms with Crippen LogP contribution in [-0.4, -0.2) is 107 Å². The van der Waals surface area contributed by atoms with Crippen LogP contribution in [0.2, 0.25) is 0 Å². The topological polar surface area (TPSA) is 98.1 Å². The van der Waals surface area contributed by atoms with Crippen LogP contribution in [0, 0.1) is 23.7 Å². The number of nitrogens with zero attached hydrogens (tertiary/aromatic N) is 1. The van der Waals surface area contributed by atoms with Gasteiger partial charge in [0.15, 0.2) is 0 Å². The number of hydrogen-bond acceptors (Lipinski definition) is 5. The molecule has 0 aromatic rings. The van der Waals surface area contributed by atoms with E-state index < -0.39 is 6.10 Å². The van der Waals surface area contributed by atoms with Crippen molar-refractivity contribution in [2.24, 2.45) is 23.7 Å². The molecule has 0 radical (unpaired) electrons. The highest BCUT2D eigenvalue weighted by Crippen LogP contribution is 2.53. The zero-order valence-corrected chi connectivity index (χ0v) is 23.5. The van der Waals surface area contributed by atoms with Crippen LogP contribution in [0.3, 0.4) is 0 Å². The third kappa shape index (κ3) is 5.07. The van der Waals surface area contributed by atoms with Crippen LogP contribution in [0.15, 0.2) is 0 Å². The molecule has 2 amide bonds. The van der Waals surface area contributed by atoms with Crippen molar-refractivity contribution in [2.75, 3.05) is 47.9 Å². The molecule has 3 aliphatic heterocycles. The molecule has 9 nitrogen and oxygen atoms in total. The van der Waals surface area contributed by atoms with E-state index >= 15 is 0 Å². The first-order valence-corrected chi connectivity index (χ1v) is 14.8. The number of nitrogens with one attached hydrogen (secondary N) is 2. The Kier molecular flexibility index (Phi) is 8.46. The first kappa shape index (κ1) is 27.3. The van der Waals surface area contributed by atoms with Crippen LogP contribution in [0.25, 0.3) is 0 Å². The second-order valence-corrected chi connectivity index (χ2v) is 12.6. The zero-order chi connectivity index (χ0) is 26.3. The van der Waals surface area contributed by atoms with Gasteiger partial charge in [-0.3, -0.25) is 9.59 Å². The van der Waals surface area contributed by atoms with E-state index in [1.165, 1.54) is 4.90 Å². The van der Waals surface area contributed by atoms with Gasteiger partial charge in [-0.2, -0.15) is 0 Å². The number of nitrogens with two attached hydrogens (primary N) is 1. The number of quaternary nitrogens is 2. The van der Waals surface area contributed by atoms with E-state index in [0.29, 0.717) is 42.3 Å². The number of ether oxygens (including phenoxy) is 3. The second kappa shape index (κ2) is 11.5. The highest BCUT2D eigenvalue weighted by atomic mass is 16.5. The molecule has 3 heterocycles. The molecule has 2 aliphatic carbocycles. The summed E-state index contributed by atoms with van der Waals surface area (Å²) >= 11 is 0. The van der Waals surface area contributed by atoms with Crippen molar-refractivity contribution in [1.29, 1.82) is 0 Å². The van der Waals surface area contributed by atoms with E-state index in [9.17, 15) is 9.59 Å². The van der Waals surface area contributed by atoms with Gasteiger partial charge in [0.1, 0.15) is 12.1 Å². The van der Waals surface area contributed by atoms with Crippen molar-refractivity contribution >= 4 is 11.8 Å². The number of methoxy groups -OCH3 is 2. The highest BCUT2D eigenvalue weighted by Gasteiger charge is 2.66. The molecule has 11 atom stereocenters. The molecular formula is C28H50N4O5+2. The Morgan fingerprint density at radius 2 is 1.92 bits per heavy atom. The molecule has 2 saturated carbocycles. The lowest BCUT2D eigenvalue weighted by Crippen LogP contribution is -3.05. The summed E-state index contributed by atoms with van der Waals surface area (Å²) in [4.78, 5) is 30.5. The molecule has 37 heavy (non-hydrogen) atoms. The lowest BCUT2D eigenvalue weighted by atomic mass is 9.64. The van der Waals surface area contributed by atoms with E-state index in [1.54, 1.807) is 14.2 Å². The third-order valence-corrected chi connectivity index (χ3v) is 10.3. The summed E-state index contributed by atoms with van der Waals surface area (Å²) in [7, 11) is 7.73. The van der Waals surface area contributed by atoms with E-state index in [-0.39, 0.29) is 36.2 Å². The van der Waals surface area contributed by atoms with Gasteiger partial charge >= 0.3 is 0 Å². The summed E-state index contributed by atoms with van der Waals surface area (Å²) in [6.45, 7) is 4.75. The largest absolute Gasteiger partial charge is 0.379 e. The van der Waals surface area contributed by atoms with Gasteiger partial charge in [-0.05, 0) is 50.9 Å². The number of carbonyl (C=O) groups is 2. The van der Waals surface area contributed by atoms with E-state index in [1.807, 2.05) is 6.92 Å². The number of carbonyl (C=O) groups excluding carboxylic acids is 2. The SMILES string of the molecule is COC1CCC2C3[NH2+]CCC4C5CC(O[C@H](C)C(=O)NCCC[NH+](C)C)CCC5N(C(=O)C2C1OC)C43. The van der Waals surface area contributed by atoms with Crippen LogP contribution in [-0.2, 0) is 23.8 Å². The number of piperidine rings is 2. The smallest absolute Gasteiger partial charge is 0.248 e. The third-order valence-electron chi connectivity index (χ3n) is 10.3. The number of hydrogen-bond donors (Lipinski definition) is 3. The minimum atomic E-state index is -0.442. The van der Waals surface area contributed by atoms with Gasteiger partial charge in [0.05, 0.1) is 57.5 Å². The average Bonchev–Trinajstić information content (AvgIpc) is 3.23. The number of fused-ring (bicyclic) bond motifs is 5. The molecule has 0 aromatic heterocycles. The van der Waals surface area contributed by atoms with Crippen molar-refractivity contribution in [3.63, 3.8) is 0 Å². The van der Waals surface area contributed by atoms with Crippen molar-refractivity contribution in [2.45, 2.75) is 94.4 Å². The molecule has 0 spiro atoms. The first-order valence-electron chi connectivity index (χ1n) is 14.8. The van der Waals surface area contributed by atoms with Crippen LogP contribution >= 0.6 is 0 Å². The molecule has 9 heteroatoms. The maximum atomic E-state index is 14.2. The molecule has 5 fully saturated rings. The van der Waals surface area contributed by atoms with E-state index in [2.05, 4.69) is 29.6 Å². The monoisotopic (exact) mass is 522 g/mol. The van der Waals surface area contributed by atoms with Crippen molar-refractivity contribution in [3.05, 3.63) is 0 Å². The second-order valence-electron chi connectivity index (χ2n) is 12.6. The van der Waals surface area contributed by atoms with Gasteiger partial charge < -0.3 is 34.6 Å². The Bertz CT molecular complexity index is 826. The summed E-state index contributed by atoms with van der Waals surface area (Å²) in [6.07, 6.45) is 6.42. The quantitative estimate of drug-likeness (QED) is 0.331. The number of rotatable bonds is 9. The molecule has 210 valence electrons. The predicted octanol–water partition coefficient (Wildman–Crippen LogP) is -1.19. The Hall–Kier alpha value is -1.26. The summed E-state index contributed by atoms with van der Waals surface area (Å²) in [6, 6.07) is 1.07. The lowest BCUT2D eigenvalue weighted by Gasteiger charge is -2.53. The van der Waals surface area contributed by atoms with E-state index in [4.69, 9.17) is 14.2 Å². The van der Waals surface area contributed by atoms with Gasteiger partial charge in [-0.25, -0.2) is 0 Å². The Labute approximate surface area is 222 Å². The maximum absolute atomic E-state index is 14.2. The fourth-order valence-electron chi connectivity index (χ4n) is 8.77. The van der Waals surface area contributed by atoms with E-state index in [0.717, 1.165) is 58.0 Å². The van der Waals surface area contributed by atoms with Gasteiger partial charge in [0.2, 0.25) is 11.8 Å². The lowest BCUT2D eigenvalue weighted by molar-refractivity contribution is -0.858. The first-order chi connectivity index (χ1) is 17.8. The summed E-state index contributed by atoms with van der Waals surface area (Å²) < 4.78 is 18.1. The summed E-state index contributed by atoms with van der Waals surface area (Å²) in [5.74, 6) is 1.55. The molecule has 10 unspecified atom stereocenters. The van der Waals surface area contributed by atoms with Crippen LogP contribution in [0.5, 0.6) is 0 Å². The zero-order valence-electron chi connectivity index (χ0n) is 23.5. The van der Waals surface area contributed by atoms with Crippen molar-refractivity contribution in [3.8, 4) is 0 Å². The fraction of sp³-hybridized carbons (Fsp3) is 0.929. The van der Waals surface area contributed by atoms with Crippen LogP contribution in [0.4, 0.5) is 0 Å². The standard InChI is InChI=1S/C28H48N4O5/c1-16(27(33)30-12-6-14-31(2)3)37-17-7-9-21-20(15-17)18-11-13-29-24-19-8-10-22(35-4)26(36-5)23(19)28(34)32(21)25(18)24/h16-26,29H,6-15H2,1-5H3,(H,30,33)/p+2/t16-,17?,18?,19?,20?,21?,22?,23?,24?,25?,26?/m1/s1. The molecule has 5 aliphatic rings. The van der Waals surface area contributed by atoms with Gasteiger partial charge in [0.25, 0.3) is 0 Å². The Morgan fingerprint density at radius 1 is 1.11 bits per heavy atom. The van der Waals surface area contributed by atoms with Crippen molar-refractivity contribution in [1.82, 2.24) is 10.2 Å². The van der Waals surface area contributed by atoms with Gasteiger partial charge in [-0.1, -0.05) is 0 Å². The van der Waals surface area contributed by atoms with Crippen molar-refractivity contribution < 1.29 is 34.0 Å². The summed E-state index contributed by atoms with van der Waals surface area (Å²) in [5, 5.41) is 5.58. The molecule has 3 saturated heterocycles. The minimum absolute atomic E-state index is 0.00886. The van der Waals surface area contributed by atoms with Gasteiger partial charge in [-0.15, -0.1) is 0 Å². The minimum Gasteiger partial charge on any atom is -0.379 e. The Balaban J connectivity index is 1.26. The molecule has 4 N–H and O–H groups in total. The molecule has 5 rings (SSSR count).